The molecule has 2 amide bonds. The molecule has 1 atom stereocenters. The first-order valence-corrected chi connectivity index (χ1v) is 11.7. The van der Waals surface area contributed by atoms with Gasteiger partial charge in [0.05, 0.1) is 10.9 Å². The number of likely N-dealkylation sites (tertiary alicyclic amines) is 1. The van der Waals surface area contributed by atoms with E-state index in [2.05, 4.69) is 28.5 Å². The highest BCUT2D eigenvalue weighted by molar-refractivity contribution is 5.98. The molecule has 7 nitrogen and oxygen atoms in total. The number of nitrogens with one attached hydrogen (secondary N) is 1. The van der Waals surface area contributed by atoms with Gasteiger partial charge in [-0.25, -0.2) is 9.78 Å². The van der Waals surface area contributed by atoms with Crippen LogP contribution in [0.4, 0.5) is 23.8 Å². The van der Waals surface area contributed by atoms with Crippen LogP contribution in [0, 0.1) is 5.92 Å². The van der Waals surface area contributed by atoms with Crippen LogP contribution in [0.15, 0.2) is 77.0 Å². The number of fused-ring (bicyclic) bond motifs is 1. The molecule has 190 valence electrons. The lowest BCUT2D eigenvalue weighted by Crippen LogP contribution is -2.42. The number of hydrogen-bond donors (Lipinski definition) is 1. The summed E-state index contributed by atoms with van der Waals surface area (Å²) in [5.74, 6) is 1.06. The molecule has 1 aliphatic heterocycles. The van der Waals surface area contributed by atoms with Crippen LogP contribution < -0.4 is 10.1 Å². The first-order valence-electron chi connectivity index (χ1n) is 11.7. The maximum absolute atomic E-state index is 12.8. The molecule has 2 aromatic carbocycles. The van der Waals surface area contributed by atoms with E-state index in [4.69, 9.17) is 9.26 Å². The highest BCUT2D eigenvalue weighted by Crippen LogP contribution is 2.31. The summed E-state index contributed by atoms with van der Waals surface area (Å²) in [6.07, 6.45) is -0.954. The van der Waals surface area contributed by atoms with Crippen LogP contribution in [-0.4, -0.2) is 34.2 Å². The number of para-hydroxylation sites is 1. The number of hydrogen-bond acceptors (Lipinski definition) is 5. The van der Waals surface area contributed by atoms with Gasteiger partial charge in [-0.3, -0.25) is 5.32 Å². The second-order valence-corrected chi connectivity index (χ2v) is 8.83. The van der Waals surface area contributed by atoms with E-state index in [9.17, 15) is 18.0 Å². The standard InChI is InChI=1S/C27H23F3N4O3/c1-17-16-34(26(35)32-25-22-7-2-3-8-23(22)37-33-25)12-11-19(17)13-18-5-4-6-21(14-18)36-24-10-9-20(15-31-24)27(28,29)30/h2-10,13-15,17H,11-12,16H2,1H3,(H,32,33,35)/b19-13+. The third-order valence-corrected chi connectivity index (χ3v) is 6.18. The third kappa shape index (κ3) is 5.58. The molecule has 10 heteroatoms. The molecular formula is C27H23F3N4O3. The van der Waals surface area contributed by atoms with Gasteiger partial charge in [0.1, 0.15) is 5.75 Å². The minimum absolute atomic E-state index is 0.0744. The first kappa shape index (κ1) is 24.4. The quantitative estimate of drug-likeness (QED) is 0.321. The van der Waals surface area contributed by atoms with Crippen molar-refractivity contribution in [2.24, 2.45) is 5.92 Å². The molecule has 1 N–H and O–H groups in total. The Hall–Kier alpha value is -4.34. The normalized spacial score (nSPS) is 17.2. The van der Waals surface area contributed by atoms with Gasteiger partial charge in [-0.05, 0) is 48.2 Å². The average Bonchev–Trinajstić information content (AvgIpc) is 3.28. The number of pyridine rings is 1. The SMILES string of the molecule is CC1CN(C(=O)Nc2noc3ccccc23)CC/C1=C\c1cccc(Oc2ccc(C(F)(F)F)cn2)c1. The van der Waals surface area contributed by atoms with Gasteiger partial charge in [-0.2, -0.15) is 13.2 Å². The van der Waals surface area contributed by atoms with Gasteiger partial charge in [-0.1, -0.05) is 48.0 Å². The van der Waals surface area contributed by atoms with E-state index in [0.717, 1.165) is 23.2 Å². The summed E-state index contributed by atoms with van der Waals surface area (Å²) in [7, 11) is 0. The molecule has 0 saturated carbocycles. The highest BCUT2D eigenvalue weighted by atomic mass is 19.4. The average molecular weight is 509 g/mol. The predicted molar refractivity (Wildman–Crippen MR) is 132 cm³/mol. The van der Waals surface area contributed by atoms with Crippen molar-refractivity contribution >= 4 is 28.9 Å². The van der Waals surface area contributed by atoms with E-state index < -0.39 is 11.7 Å². The van der Waals surface area contributed by atoms with Crippen molar-refractivity contribution in [2.75, 3.05) is 18.4 Å². The maximum atomic E-state index is 12.8. The van der Waals surface area contributed by atoms with Crippen LogP contribution in [0.5, 0.6) is 11.6 Å². The van der Waals surface area contributed by atoms with Gasteiger partial charge < -0.3 is 14.2 Å². The predicted octanol–water partition coefficient (Wildman–Crippen LogP) is 6.99. The van der Waals surface area contributed by atoms with Gasteiger partial charge in [-0.15, -0.1) is 0 Å². The Balaban J connectivity index is 1.22. The summed E-state index contributed by atoms with van der Waals surface area (Å²) in [6.45, 7) is 3.14. The van der Waals surface area contributed by atoms with Crippen LogP contribution in [0.25, 0.3) is 17.0 Å². The second-order valence-electron chi connectivity index (χ2n) is 8.83. The number of carbonyl (C=O) groups excluding carboxylic acids is 1. The number of benzene rings is 2. The number of aromatic nitrogens is 2. The summed E-state index contributed by atoms with van der Waals surface area (Å²) in [4.78, 5) is 18.3. The number of nitrogens with zero attached hydrogens (tertiary/aromatic N) is 3. The van der Waals surface area contributed by atoms with Crippen molar-refractivity contribution < 1.29 is 27.2 Å². The molecule has 1 unspecified atom stereocenters. The van der Waals surface area contributed by atoms with E-state index in [1.807, 2.05) is 24.3 Å². The number of halogens is 3. The fourth-order valence-electron chi connectivity index (χ4n) is 4.22. The molecule has 4 aromatic rings. The van der Waals surface area contributed by atoms with Crippen molar-refractivity contribution in [1.82, 2.24) is 15.0 Å². The van der Waals surface area contributed by atoms with Crippen LogP contribution in [0.3, 0.4) is 0 Å². The molecular weight excluding hydrogens is 485 g/mol. The number of amides is 2. The van der Waals surface area contributed by atoms with Crippen molar-refractivity contribution in [1.29, 1.82) is 0 Å². The molecule has 2 aromatic heterocycles. The summed E-state index contributed by atoms with van der Waals surface area (Å²) in [5, 5.41) is 7.55. The Morgan fingerprint density at radius 2 is 2.00 bits per heavy atom. The third-order valence-electron chi connectivity index (χ3n) is 6.18. The van der Waals surface area contributed by atoms with Crippen LogP contribution in [-0.2, 0) is 6.18 Å². The van der Waals surface area contributed by atoms with E-state index in [1.54, 1.807) is 29.2 Å². The number of alkyl halides is 3. The number of carbonyl (C=O) groups is 1. The molecule has 1 fully saturated rings. The fraction of sp³-hybridized carbons (Fsp3) is 0.222. The van der Waals surface area contributed by atoms with E-state index >= 15 is 0 Å². The molecule has 1 saturated heterocycles. The Kier molecular flexibility index (Phi) is 6.56. The highest BCUT2D eigenvalue weighted by Gasteiger charge is 2.30. The Morgan fingerprint density at radius 1 is 1.16 bits per heavy atom. The molecule has 3 heterocycles. The van der Waals surface area contributed by atoms with Gasteiger partial charge in [0.15, 0.2) is 11.4 Å². The lowest BCUT2D eigenvalue weighted by molar-refractivity contribution is -0.137. The molecule has 0 bridgehead atoms. The lowest BCUT2D eigenvalue weighted by Gasteiger charge is -2.33. The minimum atomic E-state index is -4.45. The molecule has 37 heavy (non-hydrogen) atoms. The zero-order valence-electron chi connectivity index (χ0n) is 19.8. The Labute approximate surface area is 210 Å². The number of rotatable bonds is 4. The number of urea groups is 1. The van der Waals surface area contributed by atoms with Gasteiger partial charge in [0.25, 0.3) is 0 Å². The summed E-state index contributed by atoms with van der Waals surface area (Å²) >= 11 is 0. The number of anilines is 1. The number of ether oxygens (including phenoxy) is 1. The molecule has 0 spiro atoms. The van der Waals surface area contributed by atoms with Gasteiger partial charge >= 0.3 is 12.2 Å². The summed E-state index contributed by atoms with van der Waals surface area (Å²) in [6, 6.07) is 16.5. The topological polar surface area (TPSA) is 80.5 Å². The fourth-order valence-corrected chi connectivity index (χ4v) is 4.22. The van der Waals surface area contributed by atoms with Crippen LogP contribution >= 0.6 is 0 Å². The van der Waals surface area contributed by atoms with E-state index in [1.165, 1.54) is 11.6 Å². The smallest absolute Gasteiger partial charge is 0.417 e. The van der Waals surface area contributed by atoms with Gasteiger partial charge in [0, 0.05) is 25.4 Å². The molecule has 5 rings (SSSR count). The first-order chi connectivity index (χ1) is 17.8. The Bertz CT molecular complexity index is 1450. The van der Waals surface area contributed by atoms with Gasteiger partial charge in [0.2, 0.25) is 5.88 Å². The van der Waals surface area contributed by atoms with Crippen molar-refractivity contribution in [3.05, 3.63) is 83.6 Å². The zero-order valence-corrected chi connectivity index (χ0v) is 19.8. The summed E-state index contributed by atoms with van der Waals surface area (Å²) < 4.78 is 49.1. The molecule has 1 aliphatic rings. The largest absolute Gasteiger partial charge is 0.439 e. The lowest BCUT2D eigenvalue weighted by atomic mass is 9.91. The molecule has 0 aliphatic carbocycles. The van der Waals surface area contributed by atoms with E-state index in [-0.39, 0.29) is 17.8 Å². The van der Waals surface area contributed by atoms with E-state index in [0.29, 0.717) is 36.7 Å². The van der Waals surface area contributed by atoms with Crippen LogP contribution in [0.2, 0.25) is 0 Å². The zero-order chi connectivity index (χ0) is 26.0. The van der Waals surface area contributed by atoms with Crippen molar-refractivity contribution in [3.63, 3.8) is 0 Å². The maximum Gasteiger partial charge on any atom is 0.417 e. The second kappa shape index (κ2) is 9.96. The van der Waals surface area contributed by atoms with Crippen LogP contribution in [0.1, 0.15) is 24.5 Å². The molecule has 0 radical (unpaired) electrons. The Morgan fingerprint density at radius 3 is 2.76 bits per heavy atom. The monoisotopic (exact) mass is 508 g/mol. The number of piperidine rings is 1. The minimum Gasteiger partial charge on any atom is -0.439 e. The summed E-state index contributed by atoms with van der Waals surface area (Å²) in [5.41, 5.74) is 1.84. The van der Waals surface area contributed by atoms with Crippen molar-refractivity contribution in [3.8, 4) is 11.6 Å². The van der Waals surface area contributed by atoms with Crippen molar-refractivity contribution in [2.45, 2.75) is 19.5 Å².